The smallest absolute Gasteiger partial charge is 0.228 e. The summed E-state index contributed by atoms with van der Waals surface area (Å²) in [6, 6.07) is 8.28. The summed E-state index contributed by atoms with van der Waals surface area (Å²) in [5.41, 5.74) is 1.11. The summed E-state index contributed by atoms with van der Waals surface area (Å²) in [4.78, 5) is 14.5. The SMILES string of the molecule is CN(C)c1nc(N2CCNCCC23CCOCC3)nc2ccccc12. The fourth-order valence-corrected chi connectivity index (χ4v) is 4.10. The van der Waals surface area contributed by atoms with E-state index in [1.165, 1.54) is 0 Å². The van der Waals surface area contributed by atoms with Gasteiger partial charge in [-0.25, -0.2) is 4.98 Å². The molecule has 2 aliphatic heterocycles. The standard InChI is InChI=1S/C19H27N5O/c1-23(2)17-15-5-3-4-6-16(15)21-18(22-17)24-12-11-20-10-7-19(24)8-13-25-14-9-19/h3-6,20H,7-14H2,1-2H3. The van der Waals surface area contributed by atoms with Crippen LogP contribution in [-0.2, 0) is 4.74 Å². The highest BCUT2D eigenvalue weighted by atomic mass is 16.5. The number of hydrogen-bond acceptors (Lipinski definition) is 6. The molecule has 0 bridgehead atoms. The van der Waals surface area contributed by atoms with Gasteiger partial charge in [0.1, 0.15) is 5.82 Å². The summed E-state index contributed by atoms with van der Waals surface area (Å²) in [5.74, 6) is 1.84. The van der Waals surface area contributed by atoms with Crippen molar-refractivity contribution in [2.45, 2.75) is 24.8 Å². The normalized spacial score (nSPS) is 20.6. The van der Waals surface area contributed by atoms with Gasteiger partial charge in [0.2, 0.25) is 5.95 Å². The van der Waals surface area contributed by atoms with Crippen LogP contribution >= 0.6 is 0 Å². The summed E-state index contributed by atoms with van der Waals surface area (Å²) in [6.07, 6.45) is 3.20. The van der Waals surface area contributed by atoms with E-state index < -0.39 is 0 Å². The molecule has 25 heavy (non-hydrogen) atoms. The first kappa shape index (κ1) is 16.5. The Hall–Kier alpha value is -1.92. The van der Waals surface area contributed by atoms with E-state index in [2.05, 4.69) is 27.2 Å². The Morgan fingerprint density at radius 1 is 1.08 bits per heavy atom. The Balaban J connectivity index is 1.83. The molecule has 1 aromatic carbocycles. The second kappa shape index (κ2) is 6.77. The van der Waals surface area contributed by atoms with E-state index in [4.69, 9.17) is 14.7 Å². The maximum Gasteiger partial charge on any atom is 0.228 e. The van der Waals surface area contributed by atoms with Gasteiger partial charge in [-0.05, 0) is 37.9 Å². The average Bonchev–Trinajstić information content (AvgIpc) is 2.83. The van der Waals surface area contributed by atoms with Crippen LogP contribution in [0.1, 0.15) is 19.3 Å². The number of aromatic nitrogens is 2. The van der Waals surface area contributed by atoms with Crippen LogP contribution in [0.3, 0.4) is 0 Å². The predicted molar refractivity (Wildman–Crippen MR) is 101 cm³/mol. The van der Waals surface area contributed by atoms with Gasteiger partial charge in [0.05, 0.1) is 5.52 Å². The first-order chi connectivity index (χ1) is 12.2. The number of para-hydroxylation sites is 1. The quantitative estimate of drug-likeness (QED) is 0.902. The van der Waals surface area contributed by atoms with Crippen molar-refractivity contribution in [1.82, 2.24) is 15.3 Å². The summed E-state index contributed by atoms with van der Waals surface area (Å²) in [7, 11) is 4.10. The van der Waals surface area contributed by atoms with Crippen molar-refractivity contribution in [3.05, 3.63) is 24.3 Å². The topological polar surface area (TPSA) is 53.5 Å². The fraction of sp³-hybridized carbons (Fsp3) is 0.579. The fourth-order valence-electron chi connectivity index (χ4n) is 4.10. The van der Waals surface area contributed by atoms with E-state index in [1.807, 2.05) is 26.2 Å². The Bertz CT molecular complexity index is 742. The number of ether oxygens (including phenoxy) is 1. The molecule has 0 radical (unpaired) electrons. The molecule has 2 saturated heterocycles. The number of fused-ring (bicyclic) bond motifs is 1. The highest BCUT2D eigenvalue weighted by Gasteiger charge is 2.40. The van der Waals surface area contributed by atoms with Gasteiger partial charge in [-0.15, -0.1) is 0 Å². The van der Waals surface area contributed by atoms with Crippen molar-refractivity contribution < 1.29 is 4.74 Å². The highest BCUT2D eigenvalue weighted by Crippen LogP contribution is 2.36. The van der Waals surface area contributed by atoms with E-state index in [-0.39, 0.29) is 5.54 Å². The molecule has 4 rings (SSSR count). The molecule has 0 unspecified atom stereocenters. The maximum absolute atomic E-state index is 5.66. The number of hydrogen-bond donors (Lipinski definition) is 1. The van der Waals surface area contributed by atoms with Gasteiger partial charge in [-0.1, -0.05) is 12.1 Å². The molecule has 0 saturated carbocycles. The minimum absolute atomic E-state index is 0.105. The van der Waals surface area contributed by atoms with Crippen LogP contribution < -0.4 is 15.1 Å². The largest absolute Gasteiger partial charge is 0.381 e. The van der Waals surface area contributed by atoms with Crippen LogP contribution in [0.25, 0.3) is 10.9 Å². The molecular weight excluding hydrogens is 314 g/mol. The van der Waals surface area contributed by atoms with Gasteiger partial charge >= 0.3 is 0 Å². The minimum Gasteiger partial charge on any atom is -0.381 e. The highest BCUT2D eigenvalue weighted by molar-refractivity contribution is 5.90. The third kappa shape index (κ3) is 3.04. The van der Waals surface area contributed by atoms with Crippen molar-refractivity contribution in [2.75, 3.05) is 56.7 Å². The zero-order chi connectivity index (χ0) is 17.3. The van der Waals surface area contributed by atoms with Crippen LogP contribution in [0.4, 0.5) is 11.8 Å². The lowest BCUT2D eigenvalue weighted by Gasteiger charge is -2.45. The number of rotatable bonds is 2. The zero-order valence-electron chi connectivity index (χ0n) is 15.2. The lowest BCUT2D eigenvalue weighted by atomic mass is 9.85. The molecule has 134 valence electrons. The van der Waals surface area contributed by atoms with Crippen LogP contribution in [0.15, 0.2) is 24.3 Å². The molecule has 1 N–H and O–H groups in total. The molecule has 6 heteroatoms. The van der Waals surface area contributed by atoms with Gasteiger partial charge in [0.15, 0.2) is 0 Å². The van der Waals surface area contributed by atoms with Crippen molar-refractivity contribution in [2.24, 2.45) is 0 Å². The second-order valence-electron chi connectivity index (χ2n) is 7.25. The van der Waals surface area contributed by atoms with E-state index in [0.717, 1.165) is 74.8 Å². The molecule has 2 aromatic rings. The maximum atomic E-state index is 5.66. The van der Waals surface area contributed by atoms with E-state index in [9.17, 15) is 0 Å². The van der Waals surface area contributed by atoms with E-state index in [1.54, 1.807) is 0 Å². The molecular formula is C19H27N5O. The lowest BCUT2D eigenvalue weighted by Crippen LogP contribution is -2.53. The van der Waals surface area contributed by atoms with Crippen LogP contribution in [-0.4, -0.2) is 62.5 Å². The second-order valence-corrected chi connectivity index (χ2v) is 7.25. The number of anilines is 2. The molecule has 1 spiro atoms. The van der Waals surface area contributed by atoms with Gasteiger partial charge in [0.25, 0.3) is 0 Å². The third-order valence-electron chi connectivity index (χ3n) is 5.51. The van der Waals surface area contributed by atoms with Gasteiger partial charge in [-0.3, -0.25) is 0 Å². The monoisotopic (exact) mass is 341 g/mol. The molecule has 0 aliphatic carbocycles. The Labute approximate surface area is 149 Å². The Kier molecular flexibility index (Phi) is 4.48. The Morgan fingerprint density at radius 3 is 2.68 bits per heavy atom. The van der Waals surface area contributed by atoms with Gasteiger partial charge in [-0.2, -0.15) is 4.98 Å². The summed E-state index contributed by atoms with van der Waals surface area (Å²) in [5, 5.41) is 4.65. The lowest BCUT2D eigenvalue weighted by molar-refractivity contribution is 0.0483. The van der Waals surface area contributed by atoms with Crippen LogP contribution in [0.5, 0.6) is 0 Å². The molecule has 2 fully saturated rings. The summed E-state index contributed by atoms with van der Waals surface area (Å²) in [6.45, 7) is 4.60. The van der Waals surface area contributed by atoms with Crippen molar-refractivity contribution in [3.63, 3.8) is 0 Å². The molecule has 1 aromatic heterocycles. The van der Waals surface area contributed by atoms with Crippen molar-refractivity contribution in [3.8, 4) is 0 Å². The van der Waals surface area contributed by atoms with Crippen LogP contribution in [0, 0.1) is 0 Å². The number of benzene rings is 1. The molecule has 2 aliphatic rings. The van der Waals surface area contributed by atoms with E-state index in [0.29, 0.717) is 0 Å². The molecule has 3 heterocycles. The zero-order valence-corrected chi connectivity index (χ0v) is 15.2. The first-order valence-electron chi connectivity index (χ1n) is 9.20. The number of nitrogens with zero attached hydrogens (tertiary/aromatic N) is 4. The van der Waals surface area contributed by atoms with Crippen molar-refractivity contribution in [1.29, 1.82) is 0 Å². The van der Waals surface area contributed by atoms with Gasteiger partial charge in [0, 0.05) is 51.3 Å². The summed E-state index contributed by atoms with van der Waals surface area (Å²) < 4.78 is 5.66. The third-order valence-corrected chi connectivity index (χ3v) is 5.51. The first-order valence-corrected chi connectivity index (χ1v) is 9.20. The number of nitrogens with one attached hydrogen (secondary N) is 1. The molecule has 6 nitrogen and oxygen atoms in total. The molecule has 0 atom stereocenters. The Morgan fingerprint density at radius 2 is 1.88 bits per heavy atom. The average molecular weight is 341 g/mol. The predicted octanol–water partition coefficient (Wildman–Crippen LogP) is 2.04. The minimum atomic E-state index is 0.105. The van der Waals surface area contributed by atoms with Gasteiger partial charge < -0.3 is 19.9 Å². The molecule has 0 amide bonds. The van der Waals surface area contributed by atoms with E-state index >= 15 is 0 Å². The van der Waals surface area contributed by atoms with Crippen molar-refractivity contribution >= 4 is 22.7 Å². The summed E-state index contributed by atoms with van der Waals surface area (Å²) >= 11 is 0. The van der Waals surface area contributed by atoms with Crippen LogP contribution in [0.2, 0.25) is 0 Å².